The van der Waals surface area contributed by atoms with Gasteiger partial charge in [-0.05, 0) is 12.5 Å². The van der Waals surface area contributed by atoms with Crippen molar-refractivity contribution in [2.24, 2.45) is 7.05 Å². The summed E-state index contributed by atoms with van der Waals surface area (Å²) < 4.78 is 1.84. The molecule has 0 aliphatic rings. The molecule has 0 saturated carbocycles. The average molecular weight is 274 g/mol. The Morgan fingerprint density at radius 1 is 1.35 bits per heavy atom. The summed E-state index contributed by atoms with van der Waals surface area (Å²) in [6, 6.07) is 8.83. The van der Waals surface area contributed by atoms with E-state index in [0.717, 1.165) is 17.8 Å². The molecule has 6 nitrogen and oxygen atoms in total. The maximum absolute atomic E-state index is 10.9. The van der Waals surface area contributed by atoms with E-state index in [1.165, 1.54) is 6.07 Å². The lowest BCUT2D eigenvalue weighted by atomic mass is 10.2. The van der Waals surface area contributed by atoms with Gasteiger partial charge in [0.25, 0.3) is 5.69 Å². The van der Waals surface area contributed by atoms with Crippen molar-refractivity contribution in [3.05, 3.63) is 57.4 Å². The van der Waals surface area contributed by atoms with Gasteiger partial charge in [-0.2, -0.15) is 5.10 Å². The monoisotopic (exact) mass is 274 g/mol. The minimum atomic E-state index is -0.351. The third kappa shape index (κ3) is 3.21. The first kappa shape index (κ1) is 14.2. The summed E-state index contributed by atoms with van der Waals surface area (Å²) in [5, 5.41) is 18.5. The van der Waals surface area contributed by atoms with Crippen LogP contribution in [0.1, 0.15) is 23.9 Å². The van der Waals surface area contributed by atoms with Crippen LogP contribution in [0.25, 0.3) is 0 Å². The summed E-state index contributed by atoms with van der Waals surface area (Å²) in [7, 11) is 1.90. The second-order valence-electron chi connectivity index (χ2n) is 4.59. The zero-order valence-corrected chi connectivity index (χ0v) is 11.7. The summed E-state index contributed by atoms with van der Waals surface area (Å²) in [6.45, 7) is 3.16. The van der Waals surface area contributed by atoms with Crippen molar-refractivity contribution < 1.29 is 4.92 Å². The van der Waals surface area contributed by atoms with Crippen molar-refractivity contribution in [3.8, 4) is 0 Å². The molecule has 1 heterocycles. The van der Waals surface area contributed by atoms with Crippen LogP contribution in [0.4, 0.5) is 5.69 Å². The van der Waals surface area contributed by atoms with Gasteiger partial charge in [0.2, 0.25) is 0 Å². The van der Waals surface area contributed by atoms with Crippen molar-refractivity contribution in [2.75, 3.05) is 0 Å². The average Bonchev–Trinajstić information content (AvgIpc) is 2.80. The van der Waals surface area contributed by atoms with Gasteiger partial charge in [0.05, 0.1) is 16.3 Å². The number of benzene rings is 1. The molecule has 6 heteroatoms. The van der Waals surface area contributed by atoms with Crippen molar-refractivity contribution in [1.82, 2.24) is 15.1 Å². The highest BCUT2D eigenvalue weighted by Gasteiger charge is 2.11. The van der Waals surface area contributed by atoms with Gasteiger partial charge in [0.1, 0.15) is 0 Å². The molecule has 2 aromatic rings. The molecule has 1 aromatic heterocycles. The van der Waals surface area contributed by atoms with E-state index >= 15 is 0 Å². The van der Waals surface area contributed by atoms with Crippen LogP contribution in [0, 0.1) is 10.1 Å². The maximum Gasteiger partial charge on any atom is 0.273 e. The molecule has 0 fully saturated rings. The highest BCUT2D eigenvalue weighted by molar-refractivity contribution is 5.39. The van der Waals surface area contributed by atoms with Crippen molar-refractivity contribution in [3.63, 3.8) is 0 Å². The predicted molar refractivity (Wildman–Crippen MR) is 76.2 cm³/mol. The first-order chi connectivity index (χ1) is 9.61. The van der Waals surface area contributed by atoms with Crippen LogP contribution < -0.4 is 5.32 Å². The number of hydrogen-bond donors (Lipinski definition) is 1. The summed E-state index contributed by atoms with van der Waals surface area (Å²) in [6.07, 6.45) is 0.901. The minimum Gasteiger partial charge on any atom is -0.307 e. The fourth-order valence-electron chi connectivity index (χ4n) is 2.07. The number of hydrogen-bond acceptors (Lipinski definition) is 4. The minimum absolute atomic E-state index is 0.152. The first-order valence-electron chi connectivity index (χ1n) is 6.56. The van der Waals surface area contributed by atoms with Gasteiger partial charge < -0.3 is 5.32 Å². The number of nitrogens with one attached hydrogen (secondary N) is 1. The van der Waals surface area contributed by atoms with Crippen LogP contribution in [-0.2, 0) is 26.6 Å². The predicted octanol–water partition coefficient (Wildman–Crippen LogP) is 2.18. The smallest absolute Gasteiger partial charge is 0.273 e. The van der Waals surface area contributed by atoms with Crippen LogP contribution in [0.15, 0.2) is 30.3 Å². The molecule has 0 aliphatic heterocycles. The fraction of sp³-hybridized carbons (Fsp3) is 0.357. The molecule has 106 valence electrons. The molecule has 1 aromatic carbocycles. The SMILES string of the molecule is CCc1cc(CNCc2ccccc2[N+](=O)[O-])n(C)n1. The van der Waals surface area contributed by atoms with E-state index < -0.39 is 0 Å². The number of para-hydroxylation sites is 1. The lowest BCUT2D eigenvalue weighted by molar-refractivity contribution is -0.385. The second kappa shape index (κ2) is 6.29. The highest BCUT2D eigenvalue weighted by atomic mass is 16.6. The standard InChI is InChI=1S/C14H18N4O2/c1-3-12-8-13(17(2)16-12)10-15-9-11-6-4-5-7-14(11)18(19)20/h4-8,15H,3,9-10H2,1-2H3. The number of nitrogens with zero attached hydrogens (tertiary/aromatic N) is 3. The molecular formula is C14H18N4O2. The zero-order chi connectivity index (χ0) is 14.5. The summed E-state index contributed by atoms with van der Waals surface area (Å²) in [5.41, 5.74) is 2.96. The Balaban J connectivity index is 1.99. The normalized spacial score (nSPS) is 10.7. The lowest BCUT2D eigenvalue weighted by Crippen LogP contribution is -2.16. The maximum atomic E-state index is 10.9. The van der Waals surface area contributed by atoms with E-state index in [0.29, 0.717) is 18.7 Å². The Morgan fingerprint density at radius 3 is 2.75 bits per heavy atom. The number of nitro groups is 1. The van der Waals surface area contributed by atoms with Gasteiger partial charge in [-0.25, -0.2) is 0 Å². The lowest BCUT2D eigenvalue weighted by Gasteiger charge is -2.05. The molecule has 0 atom stereocenters. The highest BCUT2D eigenvalue weighted by Crippen LogP contribution is 2.17. The van der Waals surface area contributed by atoms with E-state index in [1.54, 1.807) is 12.1 Å². The quantitative estimate of drug-likeness (QED) is 0.647. The summed E-state index contributed by atoms with van der Waals surface area (Å²) >= 11 is 0. The Kier molecular flexibility index (Phi) is 4.47. The fourth-order valence-corrected chi connectivity index (χ4v) is 2.07. The first-order valence-corrected chi connectivity index (χ1v) is 6.56. The summed E-state index contributed by atoms with van der Waals surface area (Å²) in [4.78, 5) is 10.6. The molecule has 0 aliphatic carbocycles. The van der Waals surface area contributed by atoms with Crippen LogP contribution in [0.2, 0.25) is 0 Å². The second-order valence-corrected chi connectivity index (χ2v) is 4.59. The van der Waals surface area contributed by atoms with Gasteiger partial charge in [-0.1, -0.05) is 25.1 Å². The Hall–Kier alpha value is -2.21. The number of rotatable bonds is 6. The molecular weight excluding hydrogens is 256 g/mol. The van der Waals surface area contributed by atoms with Gasteiger partial charge >= 0.3 is 0 Å². The van der Waals surface area contributed by atoms with Gasteiger partial charge in [-0.3, -0.25) is 14.8 Å². The Bertz CT molecular complexity index is 607. The van der Waals surface area contributed by atoms with Crippen molar-refractivity contribution in [1.29, 1.82) is 0 Å². The molecule has 0 saturated heterocycles. The van der Waals surface area contributed by atoms with Gasteiger partial charge in [-0.15, -0.1) is 0 Å². The van der Waals surface area contributed by atoms with E-state index in [-0.39, 0.29) is 10.6 Å². The third-order valence-corrected chi connectivity index (χ3v) is 3.20. The van der Waals surface area contributed by atoms with Gasteiger partial charge in [0.15, 0.2) is 0 Å². The molecule has 0 radical (unpaired) electrons. The van der Waals surface area contributed by atoms with Gasteiger partial charge in [0, 0.05) is 31.8 Å². The summed E-state index contributed by atoms with van der Waals surface area (Å²) in [5.74, 6) is 0. The van der Waals surface area contributed by atoms with E-state index in [9.17, 15) is 10.1 Å². The van der Waals surface area contributed by atoms with E-state index in [1.807, 2.05) is 23.9 Å². The Labute approximate surface area is 117 Å². The molecule has 0 bridgehead atoms. The van der Waals surface area contributed by atoms with E-state index in [4.69, 9.17) is 0 Å². The topological polar surface area (TPSA) is 73.0 Å². The zero-order valence-electron chi connectivity index (χ0n) is 11.7. The number of aromatic nitrogens is 2. The Morgan fingerprint density at radius 2 is 2.10 bits per heavy atom. The van der Waals surface area contributed by atoms with Crippen LogP contribution in [-0.4, -0.2) is 14.7 Å². The molecule has 20 heavy (non-hydrogen) atoms. The van der Waals surface area contributed by atoms with Crippen LogP contribution in [0.5, 0.6) is 0 Å². The molecule has 1 N–H and O–H groups in total. The van der Waals surface area contributed by atoms with Crippen molar-refractivity contribution >= 4 is 5.69 Å². The number of aryl methyl sites for hydroxylation is 2. The van der Waals surface area contributed by atoms with Crippen LogP contribution >= 0.6 is 0 Å². The molecule has 0 amide bonds. The van der Waals surface area contributed by atoms with Crippen LogP contribution in [0.3, 0.4) is 0 Å². The molecule has 0 unspecified atom stereocenters. The number of nitro benzene ring substituents is 1. The van der Waals surface area contributed by atoms with Crippen molar-refractivity contribution in [2.45, 2.75) is 26.4 Å². The third-order valence-electron chi connectivity index (χ3n) is 3.20. The largest absolute Gasteiger partial charge is 0.307 e. The molecule has 0 spiro atoms. The molecule has 2 rings (SSSR count). The van der Waals surface area contributed by atoms with E-state index in [2.05, 4.69) is 17.3 Å².